The van der Waals surface area contributed by atoms with Gasteiger partial charge in [-0.25, -0.2) is 4.39 Å². The van der Waals surface area contributed by atoms with Gasteiger partial charge in [-0.1, -0.05) is 28.1 Å². The van der Waals surface area contributed by atoms with Crippen molar-refractivity contribution in [2.75, 3.05) is 7.11 Å². The number of hydrogen-bond donors (Lipinski definition) is 1. The number of halogens is 2. The molecule has 0 amide bonds. The van der Waals surface area contributed by atoms with Crippen LogP contribution in [0.2, 0.25) is 0 Å². The number of aryl methyl sites for hydroxylation is 2. The molecule has 0 aliphatic rings. The average Bonchev–Trinajstić information content (AvgIpc) is 2.40. The zero-order chi connectivity index (χ0) is 14.9. The van der Waals surface area contributed by atoms with Crippen LogP contribution in [-0.2, 0) is 0 Å². The number of nitrogens with two attached hydrogens (primary N) is 1. The summed E-state index contributed by atoms with van der Waals surface area (Å²) < 4.78 is 20.4. The summed E-state index contributed by atoms with van der Waals surface area (Å²) in [5.41, 5.74) is 9.36. The predicted octanol–water partition coefficient (Wildman–Crippen LogP) is 4.26. The van der Waals surface area contributed by atoms with Crippen molar-refractivity contribution < 1.29 is 9.13 Å². The zero-order valence-electron chi connectivity index (χ0n) is 11.7. The van der Waals surface area contributed by atoms with E-state index < -0.39 is 6.04 Å². The molecule has 0 fully saturated rings. The van der Waals surface area contributed by atoms with Crippen LogP contribution in [0.4, 0.5) is 4.39 Å². The topological polar surface area (TPSA) is 35.2 Å². The molecule has 0 aromatic heterocycles. The summed E-state index contributed by atoms with van der Waals surface area (Å²) in [6.45, 7) is 3.82. The summed E-state index contributed by atoms with van der Waals surface area (Å²) in [6.07, 6.45) is 0. The number of methoxy groups -OCH3 is 1. The first kappa shape index (κ1) is 15.0. The van der Waals surface area contributed by atoms with E-state index in [-0.39, 0.29) is 5.82 Å². The third-order valence-corrected chi connectivity index (χ3v) is 4.19. The molecule has 2 rings (SSSR count). The van der Waals surface area contributed by atoms with Gasteiger partial charge in [-0.05, 0) is 43.2 Å². The van der Waals surface area contributed by atoms with Crippen molar-refractivity contribution in [1.29, 1.82) is 0 Å². The highest BCUT2D eigenvalue weighted by Crippen LogP contribution is 2.34. The van der Waals surface area contributed by atoms with Crippen molar-refractivity contribution in [2.45, 2.75) is 19.9 Å². The van der Waals surface area contributed by atoms with E-state index in [0.29, 0.717) is 11.3 Å². The summed E-state index contributed by atoms with van der Waals surface area (Å²) in [7, 11) is 1.59. The minimum Gasteiger partial charge on any atom is -0.496 e. The fourth-order valence-electron chi connectivity index (χ4n) is 2.14. The van der Waals surface area contributed by atoms with Crippen LogP contribution < -0.4 is 10.5 Å². The molecule has 0 aliphatic heterocycles. The monoisotopic (exact) mass is 337 g/mol. The lowest BCUT2D eigenvalue weighted by molar-refractivity contribution is 0.407. The number of ether oxygens (including phenoxy) is 1. The highest BCUT2D eigenvalue weighted by atomic mass is 79.9. The van der Waals surface area contributed by atoms with E-state index in [9.17, 15) is 4.39 Å². The van der Waals surface area contributed by atoms with Crippen molar-refractivity contribution >= 4 is 15.9 Å². The van der Waals surface area contributed by atoms with Gasteiger partial charge in [0, 0.05) is 15.6 Å². The van der Waals surface area contributed by atoms with Gasteiger partial charge < -0.3 is 10.5 Å². The number of benzene rings is 2. The van der Waals surface area contributed by atoms with Crippen LogP contribution in [0.5, 0.6) is 5.75 Å². The van der Waals surface area contributed by atoms with E-state index in [4.69, 9.17) is 10.5 Å². The van der Waals surface area contributed by atoms with E-state index >= 15 is 0 Å². The van der Waals surface area contributed by atoms with Crippen LogP contribution in [0.1, 0.15) is 28.3 Å². The highest BCUT2D eigenvalue weighted by Gasteiger charge is 2.18. The van der Waals surface area contributed by atoms with Crippen LogP contribution in [0.3, 0.4) is 0 Å². The van der Waals surface area contributed by atoms with Gasteiger partial charge in [0.1, 0.15) is 11.6 Å². The maximum absolute atomic E-state index is 14.1. The first-order chi connectivity index (χ1) is 9.43. The van der Waals surface area contributed by atoms with Gasteiger partial charge in [0.05, 0.1) is 13.2 Å². The van der Waals surface area contributed by atoms with Crippen molar-refractivity contribution in [1.82, 2.24) is 0 Å². The molecule has 0 heterocycles. The quantitative estimate of drug-likeness (QED) is 0.907. The minimum absolute atomic E-state index is 0.295. The summed E-state index contributed by atoms with van der Waals surface area (Å²) in [4.78, 5) is 0. The van der Waals surface area contributed by atoms with Crippen LogP contribution in [0.25, 0.3) is 0 Å². The Morgan fingerprint density at radius 2 is 1.85 bits per heavy atom. The van der Waals surface area contributed by atoms with E-state index in [2.05, 4.69) is 15.9 Å². The summed E-state index contributed by atoms with van der Waals surface area (Å²) in [6, 6.07) is 8.28. The molecule has 0 aliphatic carbocycles. The molecule has 0 radical (unpaired) electrons. The second kappa shape index (κ2) is 5.94. The van der Waals surface area contributed by atoms with Crippen LogP contribution in [0.15, 0.2) is 34.8 Å². The summed E-state index contributed by atoms with van der Waals surface area (Å²) in [5.74, 6) is 0.370. The Balaban J connectivity index is 2.52. The molecule has 106 valence electrons. The van der Waals surface area contributed by atoms with Gasteiger partial charge in [-0.15, -0.1) is 0 Å². The Morgan fingerprint density at radius 1 is 1.15 bits per heavy atom. The molecule has 1 atom stereocenters. The Labute approximate surface area is 126 Å². The molecule has 0 spiro atoms. The molecule has 0 saturated heterocycles. The predicted molar refractivity (Wildman–Crippen MR) is 82.6 cm³/mol. The molecule has 0 bridgehead atoms. The fraction of sp³-hybridized carbons (Fsp3) is 0.250. The third-order valence-electron chi connectivity index (χ3n) is 3.34. The Morgan fingerprint density at radius 3 is 2.45 bits per heavy atom. The van der Waals surface area contributed by atoms with E-state index in [1.54, 1.807) is 13.2 Å². The molecule has 2 nitrogen and oxygen atoms in total. The molecular weight excluding hydrogens is 321 g/mol. The van der Waals surface area contributed by atoms with Gasteiger partial charge in [0.15, 0.2) is 0 Å². The van der Waals surface area contributed by atoms with Crippen molar-refractivity contribution in [3.63, 3.8) is 0 Å². The lowest BCUT2D eigenvalue weighted by Gasteiger charge is -2.18. The summed E-state index contributed by atoms with van der Waals surface area (Å²) >= 11 is 3.48. The molecule has 2 aromatic carbocycles. The normalized spacial score (nSPS) is 12.3. The molecule has 2 aromatic rings. The lowest BCUT2D eigenvalue weighted by atomic mass is 9.96. The van der Waals surface area contributed by atoms with Gasteiger partial charge in [0.25, 0.3) is 0 Å². The van der Waals surface area contributed by atoms with E-state index in [0.717, 1.165) is 21.2 Å². The highest BCUT2D eigenvalue weighted by molar-refractivity contribution is 9.10. The number of hydrogen-bond acceptors (Lipinski definition) is 2. The largest absolute Gasteiger partial charge is 0.496 e. The smallest absolute Gasteiger partial charge is 0.128 e. The maximum atomic E-state index is 14.1. The molecule has 4 heteroatoms. The van der Waals surface area contributed by atoms with E-state index in [1.807, 2.05) is 32.0 Å². The standard InChI is InChI=1S/C16H17BrFNO/c1-9-4-5-11(14(18)6-9)16(19)12-8-13(17)10(2)7-15(12)20-3/h4-8,16H,19H2,1-3H3. The minimum atomic E-state index is -0.567. The summed E-state index contributed by atoms with van der Waals surface area (Å²) in [5, 5.41) is 0. The van der Waals surface area contributed by atoms with Crippen LogP contribution in [0, 0.1) is 19.7 Å². The van der Waals surface area contributed by atoms with Crippen molar-refractivity contribution in [3.8, 4) is 5.75 Å². The molecular formula is C16H17BrFNO. The Bertz CT molecular complexity index is 643. The van der Waals surface area contributed by atoms with Gasteiger partial charge in [0.2, 0.25) is 0 Å². The third kappa shape index (κ3) is 2.86. The molecule has 2 N–H and O–H groups in total. The Hall–Kier alpha value is -1.39. The van der Waals surface area contributed by atoms with E-state index in [1.165, 1.54) is 6.07 Å². The van der Waals surface area contributed by atoms with Crippen LogP contribution in [-0.4, -0.2) is 7.11 Å². The average molecular weight is 338 g/mol. The number of rotatable bonds is 3. The first-order valence-corrected chi connectivity index (χ1v) is 7.09. The molecule has 0 saturated carbocycles. The molecule has 1 unspecified atom stereocenters. The second-order valence-corrected chi connectivity index (χ2v) is 5.70. The molecule has 20 heavy (non-hydrogen) atoms. The zero-order valence-corrected chi connectivity index (χ0v) is 13.3. The fourth-order valence-corrected chi connectivity index (χ4v) is 2.50. The SMILES string of the molecule is COc1cc(C)c(Br)cc1C(N)c1ccc(C)cc1F. The van der Waals surface area contributed by atoms with Crippen molar-refractivity contribution in [2.24, 2.45) is 5.73 Å². The van der Waals surface area contributed by atoms with Crippen LogP contribution >= 0.6 is 15.9 Å². The maximum Gasteiger partial charge on any atom is 0.128 e. The first-order valence-electron chi connectivity index (χ1n) is 6.29. The Kier molecular flexibility index (Phi) is 4.45. The second-order valence-electron chi connectivity index (χ2n) is 4.85. The van der Waals surface area contributed by atoms with Gasteiger partial charge >= 0.3 is 0 Å². The lowest BCUT2D eigenvalue weighted by Crippen LogP contribution is -2.15. The van der Waals surface area contributed by atoms with Gasteiger partial charge in [-0.2, -0.15) is 0 Å². The van der Waals surface area contributed by atoms with Gasteiger partial charge in [-0.3, -0.25) is 0 Å². The van der Waals surface area contributed by atoms with Crippen molar-refractivity contribution in [3.05, 3.63) is 62.9 Å².